The summed E-state index contributed by atoms with van der Waals surface area (Å²) < 4.78 is 6.02. The topological polar surface area (TPSA) is 35.2 Å². The largest absolute Gasteiger partial charge is 0.490 e. The van der Waals surface area contributed by atoms with Gasteiger partial charge in [0.05, 0.1) is 0 Å². The molecule has 3 rings (SSSR count). The lowest BCUT2D eigenvalue weighted by Gasteiger charge is -2.27. The summed E-state index contributed by atoms with van der Waals surface area (Å²) in [7, 11) is 0. The average Bonchev–Trinajstić information content (AvgIpc) is 2.92. The molecule has 1 aromatic carbocycles. The summed E-state index contributed by atoms with van der Waals surface area (Å²) in [6.07, 6.45) is 7.26. The molecule has 0 amide bonds. The third kappa shape index (κ3) is 2.26. The zero-order chi connectivity index (χ0) is 12.6. The van der Waals surface area contributed by atoms with E-state index in [1.54, 1.807) is 0 Å². The van der Waals surface area contributed by atoms with E-state index in [0.29, 0.717) is 6.10 Å². The minimum absolute atomic E-state index is 0.0212. The second-order valence-corrected chi connectivity index (χ2v) is 6.14. The molecule has 98 valence electrons. The van der Waals surface area contributed by atoms with Crippen molar-refractivity contribution in [3.05, 3.63) is 29.8 Å². The second kappa shape index (κ2) is 4.58. The Morgan fingerprint density at radius 1 is 1.39 bits per heavy atom. The molecule has 0 saturated heterocycles. The van der Waals surface area contributed by atoms with Crippen LogP contribution in [0.15, 0.2) is 24.3 Å². The highest BCUT2D eigenvalue weighted by molar-refractivity contribution is 5.37. The fourth-order valence-electron chi connectivity index (χ4n) is 3.63. The van der Waals surface area contributed by atoms with Crippen LogP contribution in [-0.4, -0.2) is 11.6 Å². The molecule has 1 aromatic rings. The third-order valence-corrected chi connectivity index (χ3v) is 4.67. The first-order valence-corrected chi connectivity index (χ1v) is 7.22. The predicted molar refractivity (Wildman–Crippen MR) is 73.7 cm³/mol. The number of hydrogen-bond acceptors (Lipinski definition) is 2. The van der Waals surface area contributed by atoms with E-state index in [1.165, 1.54) is 31.2 Å². The molecule has 1 saturated carbocycles. The van der Waals surface area contributed by atoms with E-state index < -0.39 is 0 Å². The van der Waals surface area contributed by atoms with Gasteiger partial charge >= 0.3 is 0 Å². The lowest BCUT2D eigenvalue weighted by molar-refractivity contribution is 0.178. The highest BCUT2D eigenvalue weighted by Gasteiger charge is 2.38. The Bertz CT molecular complexity index is 406. The van der Waals surface area contributed by atoms with Gasteiger partial charge in [0.15, 0.2) is 0 Å². The van der Waals surface area contributed by atoms with Crippen LogP contribution in [0.3, 0.4) is 0 Å². The van der Waals surface area contributed by atoms with Crippen molar-refractivity contribution in [2.75, 3.05) is 0 Å². The molecule has 1 fully saturated rings. The number of hydrogen-bond donors (Lipinski definition) is 1. The molecule has 2 heteroatoms. The fourth-order valence-corrected chi connectivity index (χ4v) is 3.63. The lowest BCUT2D eigenvalue weighted by atomic mass is 9.88. The number of nitrogens with two attached hydrogens (primary N) is 1. The Kier molecular flexibility index (Phi) is 3.06. The first kappa shape index (κ1) is 12.0. The molecular weight excluding hydrogens is 222 g/mol. The number of para-hydroxylation sites is 1. The van der Waals surface area contributed by atoms with Crippen LogP contribution in [0.5, 0.6) is 5.75 Å². The van der Waals surface area contributed by atoms with Gasteiger partial charge in [0.25, 0.3) is 0 Å². The summed E-state index contributed by atoms with van der Waals surface area (Å²) in [4.78, 5) is 0. The standard InChI is InChI=1S/C16H23NO/c1-2-12-7-8-16(17,10-12)11-14-9-13-5-3-4-6-15(13)18-14/h3-6,12,14H,2,7-11,17H2,1H3. The highest BCUT2D eigenvalue weighted by Crippen LogP contribution is 2.40. The van der Waals surface area contributed by atoms with Gasteiger partial charge in [-0.1, -0.05) is 31.5 Å². The van der Waals surface area contributed by atoms with Gasteiger partial charge in [-0.2, -0.15) is 0 Å². The molecule has 0 spiro atoms. The number of fused-ring (bicyclic) bond motifs is 1. The van der Waals surface area contributed by atoms with Crippen LogP contribution >= 0.6 is 0 Å². The quantitative estimate of drug-likeness (QED) is 0.887. The average molecular weight is 245 g/mol. The molecule has 0 radical (unpaired) electrons. The van der Waals surface area contributed by atoms with Gasteiger partial charge < -0.3 is 10.5 Å². The summed E-state index contributed by atoms with van der Waals surface area (Å²) in [5.41, 5.74) is 7.92. The molecule has 1 aliphatic carbocycles. The first-order chi connectivity index (χ1) is 8.68. The van der Waals surface area contributed by atoms with E-state index >= 15 is 0 Å². The summed E-state index contributed by atoms with van der Waals surface area (Å²) in [5, 5.41) is 0. The van der Waals surface area contributed by atoms with Gasteiger partial charge in [-0.15, -0.1) is 0 Å². The zero-order valence-electron chi connectivity index (χ0n) is 11.2. The second-order valence-electron chi connectivity index (χ2n) is 6.14. The monoisotopic (exact) mass is 245 g/mol. The molecule has 2 aliphatic rings. The Labute approximate surface area is 110 Å². The normalized spacial score (nSPS) is 34.3. The van der Waals surface area contributed by atoms with Crippen molar-refractivity contribution in [3.63, 3.8) is 0 Å². The van der Waals surface area contributed by atoms with Crippen molar-refractivity contribution in [1.29, 1.82) is 0 Å². The van der Waals surface area contributed by atoms with Gasteiger partial charge in [0, 0.05) is 18.4 Å². The molecule has 0 aromatic heterocycles. The molecule has 1 aliphatic heterocycles. The summed E-state index contributed by atoms with van der Waals surface area (Å²) in [5.74, 6) is 1.90. The van der Waals surface area contributed by atoms with E-state index in [2.05, 4.69) is 25.1 Å². The first-order valence-electron chi connectivity index (χ1n) is 7.22. The summed E-state index contributed by atoms with van der Waals surface area (Å²) in [6.45, 7) is 2.28. The fraction of sp³-hybridized carbons (Fsp3) is 0.625. The van der Waals surface area contributed by atoms with Crippen molar-refractivity contribution in [2.45, 2.75) is 57.1 Å². The Hall–Kier alpha value is -1.02. The minimum atomic E-state index is 0.0212. The minimum Gasteiger partial charge on any atom is -0.490 e. The smallest absolute Gasteiger partial charge is 0.123 e. The maximum absolute atomic E-state index is 6.56. The van der Waals surface area contributed by atoms with Crippen LogP contribution in [0.2, 0.25) is 0 Å². The molecule has 2 N–H and O–H groups in total. The molecule has 0 bridgehead atoms. The Morgan fingerprint density at radius 2 is 2.22 bits per heavy atom. The zero-order valence-corrected chi connectivity index (χ0v) is 11.2. The van der Waals surface area contributed by atoms with Gasteiger partial charge in [0.1, 0.15) is 11.9 Å². The third-order valence-electron chi connectivity index (χ3n) is 4.67. The van der Waals surface area contributed by atoms with Gasteiger partial charge in [0.2, 0.25) is 0 Å². The molecule has 18 heavy (non-hydrogen) atoms. The van der Waals surface area contributed by atoms with Crippen molar-refractivity contribution in [2.24, 2.45) is 11.7 Å². The van der Waals surface area contributed by atoms with E-state index in [0.717, 1.165) is 24.5 Å². The van der Waals surface area contributed by atoms with Crippen LogP contribution in [0.4, 0.5) is 0 Å². The van der Waals surface area contributed by atoms with E-state index in [-0.39, 0.29) is 5.54 Å². The van der Waals surface area contributed by atoms with Crippen molar-refractivity contribution in [3.8, 4) is 5.75 Å². The molecule has 3 unspecified atom stereocenters. The van der Waals surface area contributed by atoms with Gasteiger partial charge in [-0.3, -0.25) is 0 Å². The number of rotatable bonds is 3. The number of benzene rings is 1. The lowest BCUT2D eigenvalue weighted by Crippen LogP contribution is -2.41. The van der Waals surface area contributed by atoms with E-state index in [9.17, 15) is 0 Å². The number of ether oxygens (including phenoxy) is 1. The summed E-state index contributed by atoms with van der Waals surface area (Å²) in [6, 6.07) is 8.37. The summed E-state index contributed by atoms with van der Waals surface area (Å²) >= 11 is 0. The van der Waals surface area contributed by atoms with Gasteiger partial charge in [-0.25, -0.2) is 0 Å². The maximum Gasteiger partial charge on any atom is 0.123 e. The SMILES string of the molecule is CCC1CCC(N)(CC2Cc3ccccc3O2)C1. The predicted octanol–water partition coefficient (Wildman–Crippen LogP) is 3.29. The maximum atomic E-state index is 6.56. The van der Waals surface area contributed by atoms with Crippen LogP contribution in [0.1, 0.15) is 44.6 Å². The van der Waals surface area contributed by atoms with E-state index in [1.807, 2.05) is 6.07 Å². The Balaban J connectivity index is 1.63. The van der Waals surface area contributed by atoms with Crippen molar-refractivity contribution >= 4 is 0 Å². The van der Waals surface area contributed by atoms with E-state index in [4.69, 9.17) is 10.5 Å². The van der Waals surface area contributed by atoms with Crippen molar-refractivity contribution in [1.82, 2.24) is 0 Å². The molecule has 2 nitrogen and oxygen atoms in total. The molecule has 3 atom stereocenters. The Morgan fingerprint density at radius 3 is 2.94 bits per heavy atom. The highest BCUT2D eigenvalue weighted by atomic mass is 16.5. The molecule has 1 heterocycles. The van der Waals surface area contributed by atoms with Gasteiger partial charge in [-0.05, 0) is 36.8 Å². The van der Waals surface area contributed by atoms with Crippen LogP contribution in [0, 0.1) is 5.92 Å². The van der Waals surface area contributed by atoms with Crippen molar-refractivity contribution < 1.29 is 4.74 Å². The van der Waals surface area contributed by atoms with Crippen LogP contribution in [-0.2, 0) is 6.42 Å². The van der Waals surface area contributed by atoms with Crippen LogP contribution < -0.4 is 10.5 Å². The van der Waals surface area contributed by atoms with Crippen LogP contribution in [0.25, 0.3) is 0 Å². The molecular formula is C16H23NO.